The molecule has 0 N–H and O–H groups in total. The Kier molecular flexibility index (Phi) is 17.6. The van der Waals surface area contributed by atoms with Crippen molar-refractivity contribution in [2.24, 2.45) is 5.92 Å². The maximum Gasteiger partial charge on any atom is -0.0262 e. The zero-order valence-electron chi connectivity index (χ0n) is 15.3. The second kappa shape index (κ2) is 17.8. The molecule has 0 radical (unpaired) electrons. The van der Waals surface area contributed by atoms with E-state index in [2.05, 4.69) is 32.9 Å². The summed E-state index contributed by atoms with van der Waals surface area (Å²) in [6.07, 6.45) is 26.1. The van der Waals surface area contributed by atoms with Crippen LogP contribution in [-0.4, -0.2) is 0 Å². The average molecular weight is 295 g/mol. The van der Waals surface area contributed by atoms with E-state index in [0.29, 0.717) is 0 Å². The van der Waals surface area contributed by atoms with Gasteiger partial charge in [0, 0.05) is 0 Å². The molecule has 0 fully saturated rings. The summed E-state index contributed by atoms with van der Waals surface area (Å²) in [5.74, 6) is 0.792. The van der Waals surface area contributed by atoms with E-state index in [9.17, 15) is 0 Å². The second-order valence-corrected chi connectivity index (χ2v) is 6.87. The van der Waals surface area contributed by atoms with Crippen LogP contribution in [0.15, 0.2) is 12.2 Å². The fourth-order valence-corrected chi connectivity index (χ4v) is 2.89. The van der Waals surface area contributed by atoms with E-state index in [1.807, 2.05) is 0 Å². The minimum absolute atomic E-state index is 0.792. The lowest BCUT2D eigenvalue weighted by Gasteiger charge is -2.06. The number of hydrogen-bond donors (Lipinski definition) is 0. The Hall–Kier alpha value is -0.260. The molecule has 0 aliphatic carbocycles. The highest BCUT2D eigenvalue weighted by molar-refractivity contribution is 4.86. The van der Waals surface area contributed by atoms with Gasteiger partial charge in [-0.15, -0.1) is 0 Å². The molecule has 0 aromatic rings. The third-order valence-electron chi connectivity index (χ3n) is 4.45. The molecule has 0 aromatic heterocycles. The quantitative estimate of drug-likeness (QED) is 0.199. The maximum atomic E-state index is 2.46. The Morgan fingerprint density at radius 2 is 1.10 bits per heavy atom. The zero-order valence-corrected chi connectivity index (χ0v) is 15.3. The molecule has 21 heavy (non-hydrogen) atoms. The highest BCUT2D eigenvalue weighted by atomic mass is 14.0. The maximum absolute atomic E-state index is 2.46. The van der Waals surface area contributed by atoms with Crippen LogP contribution in [0.2, 0.25) is 0 Å². The summed E-state index contributed by atoms with van der Waals surface area (Å²) < 4.78 is 0. The van der Waals surface area contributed by atoms with Crippen LogP contribution in [0.5, 0.6) is 0 Å². The Labute approximate surface area is 135 Å². The largest absolute Gasteiger partial charge is 0.0883 e. The fourth-order valence-electron chi connectivity index (χ4n) is 2.89. The highest BCUT2D eigenvalue weighted by Gasteiger charge is 1.97. The third-order valence-corrected chi connectivity index (χ3v) is 4.45. The van der Waals surface area contributed by atoms with Crippen LogP contribution in [0, 0.1) is 5.92 Å². The smallest absolute Gasteiger partial charge is 0.0262 e. The Balaban J connectivity index is 3.23. The van der Waals surface area contributed by atoms with E-state index < -0.39 is 0 Å². The van der Waals surface area contributed by atoms with Crippen molar-refractivity contribution in [3.8, 4) is 0 Å². The molecule has 1 atom stereocenters. The first-order chi connectivity index (χ1) is 10.3. The van der Waals surface area contributed by atoms with Crippen molar-refractivity contribution in [2.75, 3.05) is 0 Å². The van der Waals surface area contributed by atoms with Crippen LogP contribution >= 0.6 is 0 Å². The summed E-state index contributed by atoms with van der Waals surface area (Å²) in [6, 6.07) is 0. The summed E-state index contributed by atoms with van der Waals surface area (Å²) in [6.45, 7) is 6.96. The summed E-state index contributed by atoms with van der Waals surface area (Å²) in [5.41, 5.74) is 0. The number of allylic oxidation sites excluding steroid dienone is 2. The predicted molar refractivity (Wildman–Crippen MR) is 98.9 cm³/mol. The normalized spacial score (nSPS) is 13.1. The lowest BCUT2D eigenvalue weighted by Crippen LogP contribution is -1.90. The molecule has 0 heterocycles. The second-order valence-electron chi connectivity index (χ2n) is 6.87. The summed E-state index contributed by atoms with van der Waals surface area (Å²) in [5, 5.41) is 0. The van der Waals surface area contributed by atoms with E-state index >= 15 is 0 Å². The zero-order chi connectivity index (χ0) is 15.6. The lowest BCUT2D eigenvalue weighted by molar-refractivity contribution is 0.532. The molecule has 0 aliphatic heterocycles. The molecule has 126 valence electrons. The van der Waals surface area contributed by atoms with Crippen LogP contribution in [0.1, 0.15) is 117 Å². The molecule has 0 aromatic carbocycles. The fraction of sp³-hybridized carbons (Fsp3) is 0.905. The van der Waals surface area contributed by atoms with Crippen molar-refractivity contribution >= 4 is 0 Å². The van der Waals surface area contributed by atoms with Crippen molar-refractivity contribution in [3.05, 3.63) is 12.2 Å². The third kappa shape index (κ3) is 17.7. The first-order valence-corrected chi connectivity index (χ1v) is 9.97. The molecular formula is C21H42. The molecule has 1 unspecified atom stereocenters. The van der Waals surface area contributed by atoms with Gasteiger partial charge in [-0.1, -0.05) is 110 Å². The molecular weight excluding hydrogens is 252 g/mol. The van der Waals surface area contributed by atoms with E-state index in [-0.39, 0.29) is 0 Å². The van der Waals surface area contributed by atoms with Crippen molar-refractivity contribution in [3.63, 3.8) is 0 Å². The Bertz CT molecular complexity index is 204. The van der Waals surface area contributed by atoms with Crippen LogP contribution in [0.4, 0.5) is 0 Å². The van der Waals surface area contributed by atoms with Crippen LogP contribution in [-0.2, 0) is 0 Å². The van der Waals surface area contributed by atoms with Gasteiger partial charge in [-0.3, -0.25) is 0 Å². The summed E-state index contributed by atoms with van der Waals surface area (Å²) in [7, 11) is 0. The molecule has 0 aliphatic rings. The molecule has 0 rings (SSSR count). The van der Waals surface area contributed by atoms with Gasteiger partial charge < -0.3 is 0 Å². The molecule has 0 saturated carbocycles. The standard InChI is InChI=1S/C21H42/c1-4-6-8-10-12-14-16-18-20-21(3)19-17-15-13-11-9-7-5-2/h17,19,21H,4-16,18,20H2,1-3H3/b19-17+. The van der Waals surface area contributed by atoms with Gasteiger partial charge in [-0.05, 0) is 25.2 Å². The van der Waals surface area contributed by atoms with Crippen molar-refractivity contribution in [1.82, 2.24) is 0 Å². The average Bonchev–Trinajstić information content (AvgIpc) is 2.49. The Morgan fingerprint density at radius 3 is 1.67 bits per heavy atom. The highest BCUT2D eigenvalue weighted by Crippen LogP contribution is 2.14. The molecule has 0 amide bonds. The van der Waals surface area contributed by atoms with Crippen molar-refractivity contribution < 1.29 is 0 Å². The van der Waals surface area contributed by atoms with Gasteiger partial charge in [0.05, 0.1) is 0 Å². The van der Waals surface area contributed by atoms with Crippen molar-refractivity contribution in [2.45, 2.75) is 117 Å². The van der Waals surface area contributed by atoms with Crippen LogP contribution < -0.4 is 0 Å². The van der Waals surface area contributed by atoms with E-state index in [1.165, 1.54) is 96.3 Å². The molecule has 0 spiro atoms. The number of unbranched alkanes of at least 4 members (excludes halogenated alkanes) is 12. The van der Waals surface area contributed by atoms with E-state index in [4.69, 9.17) is 0 Å². The van der Waals surface area contributed by atoms with Gasteiger partial charge in [0.15, 0.2) is 0 Å². The van der Waals surface area contributed by atoms with Crippen LogP contribution in [0.3, 0.4) is 0 Å². The minimum atomic E-state index is 0.792. The van der Waals surface area contributed by atoms with Gasteiger partial charge in [-0.2, -0.15) is 0 Å². The van der Waals surface area contributed by atoms with Gasteiger partial charge in [0.25, 0.3) is 0 Å². The summed E-state index contributed by atoms with van der Waals surface area (Å²) >= 11 is 0. The van der Waals surface area contributed by atoms with Gasteiger partial charge in [0.2, 0.25) is 0 Å². The number of rotatable bonds is 16. The first-order valence-electron chi connectivity index (χ1n) is 9.97. The predicted octanol–water partition coefficient (Wildman–Crippen LogP) is 8.07. The van der Waals surface area contributed by atoms with E-state index in [0.717, 1.165) is 5.92 Å². The molecule has 0 heteroatoms. The monoisotopic (exact) mass is 294 g/mol. The Morgan fingerprint density at radius 1 is 0.619 bits per heavy atom. The summed E-state index contributed by atoms with van der Waals surface area (Å²) in [4.78, 5) is 0. The van der Waals surface area contributed by atoms with Gasteiger partial charge in [-0.25, -0.2) is 0 Å². The number of hydrogen-bond acceptors (Lipinski definition) is 0. The topological polar surface area (TPSA) is 0 Å². The molecule has 0 bridgehead atoms. The van der Waals surface area contributed by atoms with E-state index in [1.54, 1.807) is 0 Å². The SMILES string of the molecule is CCCCCCC/C=C/C(C)CCCCCCCCCC. The lowest BCUT2D eigenvalue weighted by atomic mass is 10.0. The van der Waals surface area contributed by atoms with Crippen LogP contribution in [0.25, 0.3) is 0 Å². The van der Waals surface area contributed by atoms with Gasteiger partial charge in [0.1, 0.15) is 0 Å². The molecule has 0 saturated heterocycles. The molecule has 0 nitrogen and oxygen atoms in total. The first kappa shape index (κ1) is 20.7. The van der Waals surface area contributed by atoms with Gasteiger partial charge >= 0.3 is 0 Å². The minimum Gasteiger partial charge on any atom is -0.0883 e. The van der Waals surface area contributed by atoms with Crippen molar-refractivity contribution in [1.29, 1.82) is 0 Å².